The average Bonchev–Trinajstić information content (AvgIpc) is 2.43. The van der Waals surface area contributed by atoms with Gasteiger partial charge in [-0.3, -0.25) is 0 Å². The molecule has 0 saturated heterocycles. The van der Waals surface area contributed by atoms with Crippen molar-refractivity contribution in [3.05, 3.63) is 17.7 Å². The Morgan fingerprint density at radius 1 is 1.57 bits per heavy atom. The van der Waals surface area contributed by atoms with E-state index < -0.39 is 0 Å². The van der Waals surface area contributed by atoms with Gasteiger partial charge >= 0.3 is 0 Å². The second-order valence-corrected chi connectivity index (χ2v) is 4.09. The number of aryl methyl sites for hydroxylation is 2. The number of rotatable bonds is 4. The summed E-state index contributed by atoms with van der Waals surface area (Å²) < 4.78 is 2.22. The van der Waals surface area contributed by atoms with E-state index in [4.69, 9.17) is 0 Å². The van der Waals surface area contributed by atoms with Crippen molar-refractivity contribution in [3.8, 4) is 0 Å². The molecule has 1 aliphatic rings. The molecule has 0 aliphatic heterocycles. The third-order valence-corrected chi connectivity index (χ3v) is 2.97. The molecular formula is C11H19N3. The lowest BCUT2D eigenvalue weighted by molar-refractivity contribution is 0.333. The number of hydrogen-bond acceptors (Lipinski definition) is 2. The molecule has 1 aromatic heterocycles. The topological polar surface area (TPSA) is 29.9 Å². The van der Waals surface area contributed by atoms with Gasteiger partial charge in [-0.25, -0.2) is 4.98 Å². The summed E-state index contributed by atoms with van der Waals surface area (Å²) in [6.07, 6.45) is 6.19. The minimum Gasteiger partial charge on any atom is -0.334 e. The first-order chi connectivity index (χ1) is 6.79. The fourth-order valence-electron chi connectivity index (χ4n) is 1.86. The van der Waals surface area contributed by atoms with E-state index in [1.807, 2.05) is 0 Å². The summed E-state index contributed by atoms with van der Waals surface area (Å²) in [5.74, 6) is 1.18. The van der Waals surface area contributed by atoms with E-state index in [2.05, 4.69) is 34.9 Å². The zero-order valence-corrected chi connectivity index (χ0v) is 9.08. The van der Waals surface area contributed by atoms with E-state index in [1.165, 1.54) is 25.1 Å². The Labute approximate surface area is 85.5 Å². The third kappa shape index (κ3) is 1.98. The minimum absolute atomic E-state index is 0.748. The van der Waals surface area contributed by atoms with Gasteiger partial charge in [0.05, 0.1) is 12.2 Å². The molecule has 0 spiro atoms. The molecule has 1 fully saturated rings. The van der Waals surface area contributed by atoms with Crippen LogP contribution in [0.1, 0.15) is 37.7 Å². The zero-order valence-electron chi connectivity index (χ0n) is 9.08. The monoisotopic (exact) mass is 193 g/mol. The molecule has 1 heterocycles. The average molecular weight is 193 g/mol. The molecule has 0 unspecified atom stereocenters. The number of imidazole rings is 1. The van der Waals surface area contributed by atoms with Crippen LogP contribution in [-0.4, -0.2) is 15.6 Å². The van der Waals surface area contributed by atoms with Gasteiger partial charge in [0.1, 0.15) is 5.82 Å². The predicted molar refractivity (Wildman–Crippen MR) is 57.1 cm³/mol. The smallest absolute Gasteiger partial charge is 0.122 e. The lowest BCUT2D eigenvalue weighted by Crippen LogP contribution is -2.35. The van der Waals surface area contributed by atoms with E-state index in [0.717, 1.165) is 24.8 Å². The number of aromatic nitrogens is 2. The van der Waals surface area contributed by atoms with Gasteiger partial charge in [-0.15, -0.1) is 0 Å². The number of nitrogens with one attached hydrogen (secondary N) is 1. The SMILES string of the molecule is CCn1cc(C)nc1CNC1CCC1. The van der Waals surface area contributed by atoms with Crippen LogP contribution in [-0.2, 0) is 13.1 Å². The van der Waals surface area contributed by atoms with E-state index in [-0.39, 0.29) is 0 Å². The van der Waals surface area contributed by atoms with Gasteiger partial charge in [0, 0.05) is 18.8 Å². The number of hydrogen-bond donors (Lipinski definition) is 1. The summed E-state index contributed by atoms with van der Waals surface area (Å²) in [5.41, 5.74) is 1.12. The summed E-state index contributed by atoms with van der Waals surface area (Å²) in [6.45, 7) is 6.15. The Balaban J connectivity index is 1.92. The maximum atomic E-state index is 4.51. The highest BCUT2D eigenvalue weighted by molar-refractivity contribution is 5.02. The van der Waals surface area contributed by atoms with Gasteiger partial charge in [0.15, 0.2) is 0 Å². The van der Waals surface area contributed by atoms with Crippen molar-refractivity contribution < 1.29 is 0 Å². The largest absolute Gasteiger partial charge is 0.334 e. The molecule has 3 nitrogen and oxygen atoms in total. The van der Waals surface area contributed by atoms with Crippen molar-refractivity contribution in [2.24, 2.45) is 0 Å². The fourth-order valence-corrected chi connectivity index (χ4v) is 1.86. The fraction of sp³-hybridized carbons (Fsp3) is 0.727. The molecule has 1 aliphatic carbocycles. The van der Waals surface area contributed by atoms with Crippen molar-refractivity contribution in [3.63, 3.8) is 0 Å². The van der Waals surface area contributed by atoms with E-state index >= 15 is 0 Å². The van der Waals surface area contributed by atoms with Crippen LogP contribution < -0.4 is 5.32 Å². The molecule has 1 aromatic rings. The molecular weight excluding hydrogens is 174 g/mol. The van der Waals surface area contributed by atoms with Crippen molar-refractivity contribution in [2.75, 3.05) is 0 Å². The molecule has 0 radical (unpaired) electrons. The van der Waals surface area contributed by atoms with Crippen LogP contribution in [0.5, 0.6) is 0 Å². The Kier molecular flexibility index (Phi) is 2.87. The van der Waals surface area contributed by atoms with Gasteiger partial charge in [0.25, 0.3) is 0 Å². The van der Waals surface area contributed by atoms with E-state index in [9.17, 15) is 0 Å². The standard InChI is InChI=1S/C11H19N3/c1-3-14-8-9(2)13-11(14)7-12-10-5-4-6-10/h8,10,12H,3-7H2,1-2H3. The van der Waals surface area contributed by atoms with Crippen LogP contribution in [0, 0.1) is 6.92 Å². The molecule has 2 rings (SSSR count). The second-order valence-electron chi connectivity index (χ2n) is 4.09. The summed E-state index contributed by atoms with van der Waals surface area (Å²) in [4.78, 5) is 4.51. The van der Waals surface area contributed by atoms with Crippen molar-refractivity contribution in [1.29, 1.82) is 0 Å². The summed E-state index contributed by atoms with van der Waals surface area (Å²) in [5, 5.41) is 3.54. The minimum atomic E-state index is 0.748. The van der Waals surface area contributed by atoms with Gasteiger partial charge in [0.2, 0.25) is 0 Å². The van der Waals surface area contributed by atoms with Crippen molar-refractivity contribution >= 4 is 0 Å². The van der Waals surface area contributed by atoms with Gasteiger partial charge < -0.3 is 9.88 Å². The first-order valence-electron chi connectivity index (χ1n) is 5.55. The van der Waals surface area contributed by atoms with Crippen LogP contribution >= 0.6 is 0 Å². The lowest BCUT2D eigenvalue weighted by Gasteiger charge is -2.26. The normalized spacial score (nSPS) is 17.0. The molecule has 1 N–H and O–H groups in total. The highest BCUT2D eigenvalue weighted by Crippen LogP contribution is 2.18. The molecule has 0 amide bonds. The van der Waals surface area contributed by atoms with Crippen LogP contribution in [0.15, 0.2) is 6.20 Å². The molecule has 14 heavy (non-hydrogen) atoms. The Hall–Kier alpha value is -0.830. The Bertz CT molecular complexity index is 299. The second kappa shape index (κ2) is 4.13. The van der Waals surface area contributed by atoms with Crippen molar-refractivity contribution in [2.45, 2.75) is 52.2 Å². The molecule has 0 atom stereocenters. The van der Waals surface area contributed by atoms with Crippen LogP contribution in [0.3, 0.4) is 0 Å². The predicted octanol–water partition coefficient (Wildman–Crippen LogP) is 1.85. The summed E-state index contributed by atoms with van der Waals surface area (Å²) >= 11 is 0. The Morgan fingerprint density at radius 3 is 2.93 bits per heavy atom. The van der Waals surface area contributed by atoms with Crippen molar-refractivity contribution in [1.82, 2.24) is 14.9 Å². The molecule has 3 heteroatoms. The Morgan fingerprint density at radius 2 is 2.36 bits per heavy atom. The molecule has 78 valence electrons. The maximum absolute atomic E-state index is 4.51. The maximum Gasteiger partial charge on any atom is 0.122 e. The molecule has 0 bridgehead atoms. The quantitative estimate of drug-likeness (QED) is 0.791. The highest BCUT2D eigenvalue weighted by atomic mass is 15.1. The third-order valence-electron chi connectivity index (χ3n) is 2.97. The van der Waals surface area contributed by atoms with Gasteiger partial charge in [-0.2, -0.15) is 0 Å². The lowest BCUT2D eigenvalue weighted by atomic mass is 9.93. The highest BCUT2D eigenvalue weighted by Gasteiger charge is 2.17. The summed E-state index contributed by atoms with van der Waals surface area (Å²) in [6, 6.07) is 0.748. The summed E-state index contributed by atoms with van der Waals surface area (Å²) in [7, 11) is 0. The first kappa shape index (κ1) is 9.71. The number of nitrogens with zero attached hydrogens (tertiary/aromatic N) is 2. The zero-order chi connectivity index (χ0) is 9.97. The molecule has 1 saturated carbocycles. The van der Waals surface area contributed by atoms with Crippen LogP contribution in [0.4, 0.5) is 0 Å². The van der Waals surface area contributed by atoms with Gasteiger partial charge in [-0.05, 0) is 26.7 Å². The van der Waals surface area contributed by atoms with Crippen LogP contribution in [0.2, 0.25) is 0 Å². The van der Waals surface area contributed by atoms with E-state index in [0.29, 0.717) is 0 Å². The van der Waals surface area contributed by atoms with Crippen LogP contribution in [0.25, 0.3) is 0 Å². The van der Waals surface area contributed by atoms with E-state index in [1.54, 1.807) is 0 Å². The van der Waals surface area contributed by atoms with Gasteiger partial charge in [-0.1, -0.05) is 6.42 Å². The first-order valence-corrected chi connectivity index (χ1v) is 5.55. The molecule has 0 aromatic carbocycles.